The van der Waals surface area contributed by atoms with Crippen molar-refractivity contribution < 1.29 is 4.92 Å². The zero-order valence-corrected chi connectivity index (χ0v) is 13.3. The lowest BCUT2D eigenvalue weighted by Gasteiger charge is -2.00. The molecule has 2 N–H and O–H groups in total. The Bertz CT molecular complexity index is 1120. The fourth-order valence-corrected chi connectivity index (χ4v) is 2.29. The van der Waals surface area contributed by atoms with E-state index in [1.165, 1.54) is 34.5 Å². The summed E-state index contributed by atoms with van der Waals surface area (Å²) in [7, 11) is 3.09. The summed E-state index contributed by atoms with van der Waals surface area (Å²) in [4.78, 5) is 40.2. The number of benzene rings is 1. The van der Waals surface area contributed by atoms with Gasteiger partial charge in [0, 0.05) is 31.8 Å². The molecule has 2 heterocycles. The van der Waals surface area contributed by atoms with Gasteiger partial charge in [-0.15, -0.1) is 0 Å². The number of hydrogen-bond acceptors (Lipinski definition) is 7. The second-order valence-electron chi connectivity index (χ2n) is 5.21. The normalized spacial score (nSPS) is 11.3. The molecule has 1 aromatic carbocycles. The molecule has 128 valence electrons. The summed E-state index contributed by atoms with van der Waals surface area (Å²) in [5.74, 6) is 0.239. The Morgan fingerprint density at radius 1 is 1.32 bits per heavy atom. The number of rotatable bonds is 4. The fourth-order valence-electron chi connectivity index (χ4n) is 2.29. The monoisotopic (exact) mass is 343 g/mol. The number of nitro groups is 1. The number of anilines is 1. The minimum absolute atomic E-state index is 0.0479. The summed E-state index contributed by atoms with van der Waals surface area (Å²) < 4.78 is 2.67. The van der Waals surface area contributed by atoms with Crippen molar-refractivity contribution in [3.63, 3.8) is 0 Å². The summed E-state index contributed by atoms with van der Waals surface area (Å²) >= 11 is 0. The number of nitrogens with one attached hydrogen (secondary N) is 2. The van der Waals surface area contributed by atoms with Crippen LogP contribution < -0.4 is 16.7 Å². The van der Waals surface area contributed by atoms with E-state index in [4.69, 9.17) is 0 Å². The predicted molar refractivity (Wildman–Crippen MR) is 90.9 cm³/mol. The van der Waals surface area contributed by atoms with Gasteiger partial charge in [-0.3, -0.25) is 24.5 Å². The topological polar surface area (TPSA) is 140 Å². The standard InChI is InChI=1S/C14H13N7O4/c1-19-10-11(20(2)14(23)17-12(10)22)16-13(19)18-15-7-8-4-3-5-9(6-8)21(24)25/h3-7H,1-2H3,(H,16,18)(H,17,22,23)/b15-7+. The Morgan fingerprint density at radius 2 is 2.08 bits per heavy atom. The Hall–Kier alpha value is -3.76. The third-order valence-corrected chi connectivity index (χ3v) is 3.59. The second kappa shape index (κ2) is 6.03. The Kier molecular flexibility index (Phi) is 3.89. The predicted octanol–water partition coefficient (Wildman–Crippen LogP) is 0.314. The van der Waals surface area contributed by atoms with Crippen LogP contribution in [0.1, 0.15) is 5.56 Å². The van der Waals surface area contributed by atoms with Crippen molar-refractivity contribution in [1.82, 2.24) is 19.1 Å². The van der Waals surface area contributed by atoms with Gasteiger partial charge in [-0.2, -0.15) is 10.1 Å². The van der Waals surface area contributed by atoms with Gasteiger partial charge in [-0.1, -0.05) is 12.1 Å². The van der Waals surface area contributed by atoms with Crippen molar-refractivity contribution in [2.45, 2.75) is 0 Å². The molecule has 0 atom stereocenters. The van der Waals surface area contributed by atoms with E-state index in [1.54, 1.807) is 19.2 Å². The van der Waals surface area contributed by atoms with Gasteiger partial charge in [0.05, 0.1) is 11.1 Å². The number of aromatic nitrogens is 4. The van der Waals surface area contributed by atoms with E-state index in [0.717, 1.165) is 0 Å². The van der Waals surface area contributed by atoms with E-state index in [-0.39, 0.29) is 22.8 Å². The van der Waals surface area contributed by atoms with Gasteiger partial charge in [-0.25, -0.2) is 10.2 Å². The van der Waals surface area contributed by atoms with Crippen molar-refractivity contribution >= 4 is 29.0 Å². The number of imidazole rings is 1. The van der Waals surface area contributed by atoms with Crippen molar-refractivity contribution in [3.05, 3.63) is 60.8 Å². The molecule has 0 saturated heterocycles. The van der Waals surface area contributed by atoms with E-state index in [0.29, 0.717) is 5.56 Å². The van der Waals surface area contributed by atoms with Crippen LogP contribution in [0, 0.1) is 10.1 Å². The SMILES string of the molecule is Cn1c(N/N=C/c2cccc([N+](=O)[O-])c2)nc2c1c(=O)[nH]c(=O)n2C. The smallest absolute Gasteiger partial charge is 0.306 e. The number of fused-ring (bicyclic) bond motifs is 1. The first-order valence-electron chi connectivity index (χ1n) is 7.07. The Balaban J connectivity index is 1.93. The molecule has 3 rings (SSSR count). The molecule has 11 heteroatoms. The molecular weight excluding hydrogens is 330 g/mol. The van der Waals surface area contributed by atoms with Crippen molar-refractivity contribution in [2.24, 2.45) is 19.2 Å². The molecule has 0 fully saturated rings. The first-order chi connectivity index (χ1) is 11.9. The van der Waals surface area contributed by atoms with Crippen molar-refractivity contribution in [1.29, 1.82) is 0 Å². The molecule has 0 bridgehead atoms. The first kappa shape index (κ1) is 16.1. The molecule has 0 unspecified atom stereocenters. The lowest BCUT2D eigenvalue weighted by atomic mass is 10.2. The molecule has 0 aliphatic rings. The van der Waals surface area contributed by atoms with E-state index >= 15 is 0 Å². The molecule has 3 aromatic rings. The molecule has 2 aromatic heterocycles. The van der Waals surface area contributed by atoms with Crippen molar-refractivity contribution in [2.75, 3.05) is 5.43 Å². The molecule has 25 heavy (non-hydrogen) atoms. The number of aromatic amines is 1. The average molecular weight is 343 g/mol. The number of aryl methyl sites for hydroxylation is 2. The molecule has 0 aliphatic carbocycles. The highest BCUT2D eigenvalue weighted by Gasteiger charge is 2.14. The molecule has 0 saturated carbocycles. The van der Waals surface area contributed by atoms with Crippen LogP contribution in [-0.2, 0) is 14.1 Å². The van der Waals surface area contributed by atoms with Crippen molar-refractivity contribution in [3.8, 4) is 0 Å². The van der Waals surface area contributed by atoms with Gasteiger partial charge in [0.25, 0.3) is 11.2 Å². The van der Waals surface area contributed by atoms with Crippen LogP contribution in [0.15, 0.2) is 39.0 Å². The average Bonchev–Trinajstić information content (AvgIpc) is 2.90. The van der Waals surface area contributed by atoms with Gasteiger partial charge >= 0.3 is 5.69 Å². The van der Waals surface area contributed by atoms with Crippen LogP contribution in [0.25, 0.3) is 11.2 Å². The van der Waals surface area contributed by atoms with E-state index in [2.05, 4.69) is 20.5 Å². The summed E-state index contributed by atoms with van der Waals surface area (Å²) in [5, 5.41) is 14.7. The summed E-state index contributed by atoms with van der Waals surface area (Å²) in [6.07, 6.45) is 1.38. The maximum Gasteiger partial charge on any atom is 0.329 e. The van der Waals surface area contributed by atoms with Gasteiger partial charge in [0.2, 0.25) is 5.95 Å². The number of hydrazone groups is 1. The van der Waals surface area contributed by atoms with Crippen LogP contribution in [-0.4, -0.2) is 30.2 Å². The maximum absolute atomic E-state index is 11.9. The maximum atomic E-state index is 11.9. The molecule has 0 spiro atoms. The molecule has 0 radical (unpaired) electrons. The Morgan fingerprint density at radius 3 is 2.80 bits per heavy atom. The number of hydrogen-bond donors (Lipinski definition) is 2. The minimum atomic E-state index is -0.567. The van der Waals surface area contributed by atoms with Crippen LogP contribution >= 0.6 is 0 Å². The third kappa shape index (κ3) is 2.89. The van der Waals surface area contributed by atoms with Crippen LogP contribution in [0.5, 0.6) is 0 Å². The zero-order valence-electron chi connectivity index (χ0n) is 13.3. The van der Waals surface area contributed by atoms with Gasteiger partial charge in [-0.05, 0) is 0 Å². The Labute approximate surface area is 139 Å². The molecular formula is C14H13N7O4. The summed E-state index contributed by atoms with van der Waals surface area (Å²) in [6.45, 7) is 0. The number of non-ortho nitro benzene ring substituents is 1. The highest BCUT2D eigenvalue weighted by Crippen LogP contribution is 2.14. The highest BCUT2D eigenvalue weighted by atomic mass is 16.6. The zero-order chi connectivity index (χ0) is 18.1. The van der Waals surface area contributed by atoms with E-state index < -0.39 is 16.2 Å². The van der Waals surface area contributed by atoms with Crippen LogP contribution in [0.2, 0.25) is 0 Å². The van der Waals surface area contributed by atoms with Gasteiger partial charge in [0.15, 0.2) is 11.2 Å². The van der Waals surface area contributed by atoms with Crippen LogP contribution in [0.3, 0.4) is 0 Å². The summed E-state index contributed by atoms with van der Waals surface area (Å²) in [5.41, 5.74) is 2.44. The largest absolute Gasteiger partial charge is 0.329 e. The quantitative estimate of drug-likeness (QED) is 0.397. The van der Waals surface area contributed by atoms with Gasteiger partial charge < -0.3 is 4.57 Å². The molecule has 0 amide bonds. The highest BCUT2D eigenvalue weighted by molar-refractivity contribution is 5.81. The van der Waals surface area contributed by atoms with Gasteiger partial charge in [0.1, 0.15) is 0 Å². The van der Waals surface area contributed by atoms with E-state index in [1.807, 2.05) is 0 Å². The third-order valence-electron chi connectivity index (χ3n) is 3.59. The first-order valence-corrected chi connectivity index (χ1v) is 7.07. The number of nitro benzene ring substituents is 1. The molecule has 11 nitrogen and oxygen atoms in total. The van der Waals surface area contributed by atoms with E-state index in [9.17, 15) is 19.7 Å². The lowest BCUT2D eigenvalue weighted by Crippen LogP contribution is -2.29. The lowest BCUT2D eigenvalue weighted by molar-refractivity contribution is -0.384. The number of nitrogens with zero attached hydrogens (tertiary/aromatic N) is 5. The second-order valence-corrected chi connectivity index (χ2v) is 5.21. The minimum Gasteiger partial charge on any atom is -0.306 e. The molecule has 0 aliphatic heterocycles. The fraction of sp³-hybridized carbons (Fsp3) is 0.143. The van der Waals surface area contributed by atoms with Crippen LogP contribution in [0.4, 0.5) is 11.6 Å². The summed E-state index contributed by atoms with van der Waals surface area (Å²) in [6, 6.07) is 5.95. The number of H-pyrrole nitrogens is 1.